The van der Waals surface area contributed by atoms with Crippen molar-refractivity contribution in [2.45, 2.75) is 39.3 Å². The van der Waals surface area contributed by atoms with Crippen LogP contribution in [0.5, 0.6) is 5.75 Å². The normalized spacial score (nSPS) is 13.2. The Morgan fingerprint density at radius 2 is 1.73 bits per heavy atom. The van der Waals surface area contributed by atoms with E-state index in [9.17, 15) is 4.79 Å². The minimum absolute atomic E-state index is 0.0118. The highest BCUT2D eigenvalue weighted by Crippen LogP contribution is 2.17. The Labute approximate surface area is 132 Å². The number of ether oxygens (including phenoxy) is 1. The number of amides is 1. The van der Waals surface area contributed by atoms with Gasteiger partial charge in [-0.15, -0.1) is 0 Å². The third-order valence-corrected chi connectivity index (χ3v) is 3.63. The molecule has 0 unspecified atom stereocenters. The van der Waals surface area contributed by atoms with Crippen molar-refractivity contribution in [2.75, 3.05) is 0 Å². The van der Waals surface area contributed by atoms with E-state index in [-0.39, 0.29) is 11.9 Å². The Kier molecular flexibility index (Phi) is 5.59. The Bertz CT molecular complexity index is 593. The molecular formula is C19H23NO2. The molecule has 0 fully saturated rings. The largest absolute Gasteiger partial charge is 0.481 e. The average molecular weight is 297 g/mol. The molecule has 2 rings (SSSR count). The van der Waals surface area contributed by atoms with Crippen LogP contribution >= 0.6 is 0 Å². The molecule has 116 valence electrons. The van der Waals surface area contributed by atoms with E-state index in [0.29, 0.717) is 5.75 Å². The maximum absolute atomic E-state index is 12.3. The molecule has 2 aromatic carbocycles. The maximum atomic E-state index is 12.3. The van der Waals surface area contributed by atoms with E-state index in [1.807, 2.05) is 61.5 Å². The number of hydrogen-bond donors (Lipinski definition) is 1. The van der Waals surface area contributed by atoms with Gasteiger partial charge in [0.25, 0.3) is 5.91 Å². The van der Waals surface area contributed by atoms with Crippen molar-refractivity contribution >= 4 is 5.91 Å². The predicted molar refractivity (Wildman–Crippen MR) is 88.9 cm³/mol. The molecule has 0 aromatic heterocycles. The van der Waals surface area contributed by atoms with E-state index in [2.05, 4.69) is 12.2 Å². The number of nitrogens with one attached hydrogen (secondary N) is 1. The van der Waals surface area contributed by atoms with Crippen LogP contribution < -0.4 is 10.1 Å². The average Bonchev–Trinajstić information content (AvgIpc) is 2.55. The van der Waals surface area contributed by atoms with Gasteiger partial charge >= 0.3 is 0 Å². The molecule has 3 heteroatoms. The van der Waals surface area contributed by atoms with Gasteiger partial charge in [-0.3, -0.25) is 4.79 Å². The Hall–Kier alpha value is -2.29. The van der Waals surface area contributed by atoms with E-state index < -0.39 is 6.10 Å². The second kappa shape index (κ2) is 7.64. The molecule has 22 heavy (non-hydrogen) atoms. The van der Waals surface area contributed by atoms with Gasteiger partial charge < -0.3 is 10.1 Å². The summed E-state index contributed by atoms with van der Waals surface area (Å²) in [6, 6.07) is 17.7. The number of benzene rings is 2. The van der Waals surface area contributed by atoms with Crippen LogP contribution in [0.15, 0.2) is 54.6 Å². The fraction of sp³-hybridized carbons (Fsp3) is 0.316. The van der Waals surface area contributed by atoms with Crippen LogP contribution in [-0.2, 0) is 4.79 Å². The van der Waals surface area contributed by atoms with Gasteiger partial charge in [0.2, 0.25) is 0 Å². The molecule has 0 bridgehead atoms. The number of hydrogen-bond acceptors (Lipinski definition) is 2. The summed E-state index contributed by atoms with van der Waals surface area (Å²) in [5, 5.41) is 3.05. The zero-order valence-corrected chi connectivity index (χ0v) is 13.4. The van der Waals surface area contributed by atoms with Crippen LogP contribution in [0.3, 0.4) is 0 Å². The monoisotopic (exact) mass is 297 g/mol. The lowest BCUT2D eigenvalue weighted by atomic mass is 10.0. The first-order chi connectivity index (χ1) is 10.6. The van der Waals surface area contributed by atoms with Gasteiger partial charge in [-0.1, -0.05) is 55.0 Å². The summed E-state index contributed by atoms with van der Waals surface area (Å²) in [4.78, 5) is 12.3. The minimum atomic E-state index is -0.527. The van der Waals surface area contributed by atoms with Crippen molar-refractivity contribution in [1.82, 2.24) is 5.32 Å². The molecule has 2 aromatic rings. The molecule has 0 heterocycles. The summed E-state index contributed by atoms with van der Waals surface area (Å²) < 4.78 is 5.70. The van der Waals surface area contributed by atoms with E-state index in [1.165, 1.54) is 5.56 Å². The highest BCUT2D eigenvalue weighted by molar-refractivity contribution is 5.81. The quantitative estimate of drug-likeness (QED) is 0.874. The first-order valence-electron chi connectivity index (χ1n) is 7.68. The van der Waals surface area contributed by atoms with Crippen molar-refractivity contribution < 1.29 is 9.53 Å². The zero-order chi connectivity index (χ0) is 15.9. The third kappa shape index (κ3) is 4.35. The van der Waals surface area contributed by atoms with E-state index >= 15 is 0 Å². The lowest BCUT2D eigenvalue weighted by Crippen LogP contribution is -2.38. The van der Waals surface area contributed by atoms with Crippen LogP contribution in [0, 0.1) is 6.92 Å². The lowest BCUT2D eigenvalue weighted by molar-refractivity contribution is -0.128. The molecule has 0 aliphatic rings. The van der Waals surface area contributed by atoms with Crippen LogP contribution in [0.2, 0.25) is 0 Å². The molecule has 0 saturated carbocycles. The Morgan fingerprint density at radius 1 is 1.09 bits per heavy atom. The molecule has 0 saturated heterocycles. The van der Waals surface area contributed by atoms with E-state index in [0.717, 1.165) is 12.0 Å². The fourth-order valence-corrected chi connectivity index (χ4v) is 2.27. The summed E-state index contributed by atoms with van der Waals surface area (Å²) in [6.45, 7) is 5.85. The zero-order valence-electron chi connectivity index (χ0n) is 13.4. The molecule has 0 radical (unpaired) electrons. The third-order valence-electron chi connectivity index (χ3n) is 3.63. The van der Waals surface area contributed by atoms with Crippen LogP contribution in [-0.4, -0.2) is 12.0 Å². The van der Waals surface area contributed by atoms with Crippen LogP contribution in [0.25, 0.3) is 0 Å². The summed E-state index contributed by atoms with van der Waals surface area (Å²) in [7, 11) is 0. The minimum Gasteiger partial charge on any atom is -0.481 e. The van der Waals surface area contributed by atoms with Crippen LogP contribution in [0.1, 0.15) is 37.4 Å². The van der Waals surface area contributed by atoms with Crippen molar-refractivity contribution in [3.63, 3.8) is 0 Å². The molecular weight excluding hydrogens is 274 g/mol. The summed E-state index contributed by atoms with van der Waals surface area (Å²) in [6.07, 6.45) is 0.313. The van der Waals surface area contributed by atoms with Gasteiger partial charge in [0.15, 0.2) is 6.10 Å². The van der Waals surface area contributed by atoms with Gasteiger partial charge in [0.1, 0.15) is 5.75 Å². The topological polar surface area (TPSA) is 38.3 Å². The van der Waals surface area contributed by atoms with Crippen LogP contribution in [0.4, 0.5) is 0 Å². The SMILES string of the molecule is CC[C@@H](NC(=O)[C@H](C)Oc1ccc(C)cc1)c1ccccc1. The summed E-state index contributed by atoms with van der Waals surface area (Å²) >= 11 is 0. The van der Waals surface area contributed by atoms with Gasteiger partial charge in [-0.2, -0.15) is 0 Å². The Morgan fingerprint density at radius 3 is 2.32 bits per heavy atom. The highest BCUT2D eigenvalue weighted by atomic mass is 16.5. The van der Waals surface area contributed by atoms with Gasteiger partial charge in [-0.25, -0.2) is 0 Å². The number of rotatable bonds is 6. The van der Waals surface area contributed by atoms with Gasteiger partial charge in [0.05, 0.1) is 6.04 Å². The number of aryl methyl sites for hydroxylation is 1. The first kappa shape index (κ1) is 16.1. The number of carbonyl (C=O) groups is 1. The van der Waals surface area contributed by atoms with Crippen molar-refractivity contribution in [3.8, 4) is 5.75 Å². The molecule has 1 amide bonds. The van der Waals surface area contributed by atoms with Crippen molar-refractivity contribution in [1.29, 1.82) is 0 Å². The first-order valence-corrected chi connectivity index (χ1v) is 7.68. The van der Waals surface area contributed by atoms with E-state index in [1.54, 1.807) is 6.92 Å². The lowest BCUT2D eigenvalue weighted by Gasteiger charge is -2.21. The van der Waals surface area contributed by atoms with Gasteiger partial charge in [-0.05, 0) is 38.0 Å². The molecule has 1 N–H and O–H groups in total. The summed E-state index contributed by atoms with van der Waals surface area (Å²) in [5.41, 5.74) is 2.28. The standard InChI is InChI=1S/C19H23NO2/c1-4-18(16-8-6-5-7-9-16)20-19(21)15(3)22-17-12-10-14(2)11-13-17/h5-13,15,18H,4H2,1-3H3,(H,20,21)/t15-,18+/m0/s1. The predicted octanol–water partition coefficient (Wildman–Crippen LogP) is 4.03. The molecule has 0 spiro atoms. The van der Waals surface area contributed by atoms with Crippen molar-refractivity contribution in [3.05, 3.63) is 65.7 Å². The molecule has 2 atom stereocenters. The second-order valence-corrected chi connectivity index (χ2v) is 5.45. The van der Waals surface area contributed by atoms with E-state index in [4.69, 9.17) is 4.74 Å². The highest BCUT2D eigenvalue weighted by Gasteiger charge is 2.19. The fourth-order valence-electron chi connectivity index (χ4n) is 2.27. The smallest absolute Gasteiger partial charge is 0.261 e. The maximum Gasteiger partial charge on any atom is 0.261 e. The van der Waals surface area contributed by atoms with Gasteiger partial charge in [0, 0.05) is 0 Å². The molecule has 3 nitrogen and oxygen atoms in total. The molecule has 0 aliphatic heterocycles. The number of carbonyl (C=O) groups excluding carboxylic acids is 1. The molecule has 0 aliphatic carbocycles. The summed E-state index contributed by atoms with van der Waals surface area (Å²) in [5.74, 6) is 0.609. The van der Waals surface area contributed by atoms with Crippen molar-refractivity contribution in [2.24, 2.45) is 0 Å². The Balaban J connectivity index is 1.96. The second-order valence-electron chi connectivity index (χ2n) is 5.45.